The number of carbonyl (C=O) groups is 2. The number of rotatable bonds is 9. The molecule has 3 aromatic rings. The highest BCUT2D eigenvalue weighted by atomic mass is 16.5. The Labute approximate surface area is 191 Å². The van der Waals surface area contributed by atoms with Crippen LogP contribution in [0.15, 0.2) is 77.8 Å². The summed E-state index contributed by atoms with van der Waals surface area (Å²) in [4.78, 5) is 30.3. The van der Waals surface area contributed by atoms with E-state index in [1.165, 1.54) is 4.90 Å². The average molecular weight is 447 g/mol. The number of carbonyl (C=O) groups excluding carboxylic acids is 2. The summed E-state index contributed by atoms with van der Waals surface area (Å²) in [6, 6.07) is 9.07. The van der Waals surface area contributed by atoms with E-state index in [4.69, 9.17) is 9.15 Å². The number of amides is 1. The molecule has 8 nitrogen and oxygen atoms in total. The molecule has 0 bridgehead atoms. The van der Waals surface area contributed by atoms with E-state index in [-0.39, 0.29) is 5.57 Å². The van der Waals surface area contributed by atoms with E-state index in [0.29, 0.717) is 49.0 Å². The largest absolute Gasteiger partial charge is 0.872 e. The van der Waals surface area contributed by atoms with E-state index in [1.54, 1.807) is 55.6 Å². The summed E-state index contributed by atoms with van der Waals surface area (Å²) in [5.74, 6) is -0.370. The van der Waals surface area contributed by atoms with E-state index in [0.717, 1.165) is 0 Å². The van der Waals surface area contributed by atoms with E-state index in [9.17, 15) is 14.7 Å². The van der Waals surface area contributed by atoms with E-state index in [1.807, 2.05) is 17.1 Å². The van der Waals surface area contributed by atoms with Crippen LogP contribution in [0.4, 0.5) is 0 Å². The van der Waals surface area contributed by atoms with Gasteiger partial charge in [-0.05, 0) is 36.8 Å². The van der Waals surface area contributed by atoms with Crippen LogP contribution in [0, 0.1) is 6.92 Å². The van der Waals surface area contributed by atoms with Gasteiger partial charge in [-0.1, -0.05) is 30.5 Å². The van der Waals surface area contributed by atoms with Crippen molar-refractivity contribution in [1.82, 2.24) is 9.88 Å². The minimum Gasteiger partial charge on any atom is -0.872 e. The van der Waals surface area contributed by atoms with Crippen molar-refractivity contribution in [2.75, 3.05) is 13.2 Å². The molecule has 3 heterocycles. The maximum Gasteiger partial charge on any atom is 0.295 e. The van der Waals surface area contributed by atoms with Gasteiger partial charge in [0.25, 0.3) is 5.91 Å². The molecule has 0 spiro atoms. The third-order valence-corrected chi connectivity index (χ3v) is 5.46. The van der Waals surface area contributed by atoms with E-state index in [2.05, 4.69) is 11.6 Å². The van der Waals surface area contributed by atoms with Gasteiger partial charge >= 0.3 is 0 Å². The maximum absolute atomic E-state index is 13.4. The van der Waals surface area contributed by atoms with Gasteiger partial charge in [-0.15, -0.1) is 0 Å². The minimum atomic E-state index is -0.862. The molecule has 8 heteroatoms. The summed E-state index contributed by atoms with van der Waals surface area (Å²) in [5.41, 5.74) is 0.207. The van der Waals surface area contributed by atoms with Gasteiger partial charge in [-0.25, -0.2) is 4.57 Å². The maximum atomic E-state index is 13.4. The second kappa shape index (κ2) is 9.60. The molecular weight excluding hydrogens is 422 g/mol. The summed E-state index contributed by atoms with van der Waals surface area (Å²) in [5, 5.41) is 13.4. The number of benzene rings is 1. The molecule has 0 radical (unpaired) electrons. The first-order chi connectivity index (χ1) is 16.0. The van der Waals surface area contributed by atoms with Crippen LogP contribution in [0.1, 0.15) is 29.5 Å². The van der Waals surface area contributed by atoms with Gasteiger partial charge < -0.3 is 19.2 Å². The van der Waals surface area contributed by atoms with E-state index < -0.39 is 23.5 Å². The Bertz CT molecular complexity index is 1180. The molecule has 1 N–H and O–H groups in total. The van der Waals surface area contributed by atoms with Crippen molar-refractivity contribution >= 4 is 17.4 Å². The molecular formula is C25H25N3O5. The molecule has 2 aromatic heterocycles. The van der Waals surface area contributed by atoms with Gasteiger partial charge in [-0.2, -0.15) is 0 Å². The van der Waals surface area contributed by atoms with Gasteiger partial charge in [0.15, 0.2) is 0 Å². The predicted octanol–water partition coefficient (Wildman–Crippen LogP) is 2.08. The number of nitrogens with zero attached hydrogens (tertiary/aromatic N) is 2. The first-order valence-electron chi connectivity index (χ1n) is 10.7. The first-order valence-corrected chi connectivity index (χ1v) is 10.7. The zero-order chi connectivity index (χ0) is 23.4. The molecule has 0 saturated carbocycles. The Hall–Kier alpha value is -4.07. The molecule has 1 fully saturated rings. The number of imidazole rings is 1. The highest BCUT2D eigenvalue weighted by Crippen LogP contribution is 2.39. The quantitative estimate of drug-likeness (QED) is 0.178. The van der Waals surface area contributed by atoms with Crippen LogP contribution in [0.25, 0.3) is 5.76 Å². The normalized spacial score (nSPS) is 17.5. The molecule has 1 amide bonds. The van der Waals surface area contributed by atoms with E-state index >= 15 is 0 Å². The van der Waals surface area contributed by atoms with Crippen molar-refractivity contribution in [3.8, 4) is 5.75 Å². The zero-order valence-electron chi connectivity index (χ0n) is 18.3. The Morgan fingerprint density at radius 3 is 2.70 bits per heavy atom. The van der Waals surface area contributed by atoms with Crippen molar-refractivity contribution in [2.24, 2.45) is 0 Å². The molecule has 1 aromatic carbocycles. The zero-order valence-corrected chi connectivity index (χ0v) is 18.3. The monoisotopic (exact) mass is 447 g/mol. The van der Waals surface area contributed by atoms with Crippen LogP contribution in [0.2, 0.25) is 0 Å². The summed E-state index contributed by atoms with van der Waals surface area (Å²) in [7, 11) is 0. The van der Waals surface area contributed by atoms with Crippen molar-refractivity contribution in [3.63, 3.8) is 0 Å². The molecule has 1 aliphatic heterocycles. The van der Waals surface area contributed by atoms with Crippen molar-refractivity contribution in [3.05, 3.63) is 90.4 Å². The third-order valence-electron chi connectivity index (χ3n) is 5.46. The van der Waals surface area contributed by atoms with Gasteiger partial charge in [-0.3, -0.25) is 14.6 Å². The summed E-state index contributed by atoms with van der Waals surface area (Å²) < 4.78 is 13.2. The standard InChI is InChI=1S/C25H25N3O5/c1-3-15-32-19-8-6-18(7-9-19)23(29)21-22(20-10-5-17(2)33-20)28(25(31)24(21)30)13-4-12-27-14-11-26-16-27/h3,5-11,14,16,22H,1,4,12-13,15H2,2H3,(H,29,30). The second-order valence-corrected chi connectivity index (χ2v) is 7.75. The average Bonchev–Trinajstić information content (AvgIpc) is 3.54. The SMILES string of the molecule is C=CCOc1ccc(C([O-])=C2C(=O)C(=O)N(CCC[n+]3cc[nH]c3)C2c2ccc(C)o2)cc1. The van der Waals surface area contributed by atoms with Gasteiger partial charge in [0.2, 0.25) is 12.1 Å². The first kappa shape index (κ1) is 22.1. The number of H-pyrrole nitrogens is 1. The molecule has 1 unspecified atom stereocenters. The highest BCUT2D eigenvalue weighted by molar-refractivity contribution is 6.46. The molecule has 4 rings (SSSR count). The lowest BCUT2D eigenvalue weighted by Gasteiger charge is -2.25. The van der Waals surface area contributed by atoms with Crippen molar-refractivity contribution in [2.45, 2.75) is 25.9 Å². The van der Waals surface area contributed by atoms with Crippen LogP contribution < -0.4 is 14.4 Å². The fourth-order valence-electron chi connectivity index (χ4n) is 3.89. The van der Waals surface area contributed by atoms with Crippen LogP contribution in [0.5, 0.6) is 5.75 Å². The van der Waals surface area contributed by atoms with Gasteiger partial charge in [0.1, 0.15) is 42.3 Å². The second-order valence-electron chi connectivity index (χ2n) is 7.75. The minimum absolute atomic E-state index is 0.0941. The lowest BCUT2D eigenvalue weighted by Crippen LogP contribution is -2.36. The summed E-state index contributed by atoms with van der Waals surface area (Å²) in [6.45, 7) is 6.68. The predicted molar refractivity (Wildman–Crippen MR) is 118 cm³/mol. The van der Waals surface area contributed by atoms with Gasteiger partial charge in [0, 0.05) is 18.5 Å². The Morgan fingerprint density at radius 1 is 1.27 bits per heavy atom. The summed E-state index contributed by atoms with van der Waals surface area (Å²) in [6.07, 6.45) is 7.73. The van der Waals surface area contributed by atoms with Crippen LogP contribution in [-0.4, -0.2) is 34.7 Å². The number of aromatic amines is 1. The number of ketones is 1. The van der Waals surface area contributed by atoms with Crippen LogP contribution in [-0.2, 0) is 16.1 Å². The lowest BCUT2D eigenvalue weighted by atomic mass is 9.99. The number of furan rings is 1. The van der Waals surface area contributed by atoms with Crippen LogP contribution in [0.3, 0.4) is 0 Å². The topological polar surface area (TPSA) is 102 Å². The lowest BCUT2D eigenvalue weighted by molar-refractivity contribution is -0.695. The van der Waals surface area contributed by atoms with Gasteiger partial charge in [0.05, 0.1) is 6.54 Å². The Morgan fingerprint density at radius 2 is 2.06 bits per heavy atom. The smallest absolute Gasteiger partial charge is 0.295 e. The molecule has 33 heavy (non-hydrogen) atoms. The fourth-order valence-corrected chi connectivity index (χ4v) is 3.89. The number of ether oxygens (including phenoxy) is 1. The molecule has 1 aliphatic rings. The number of hydrogen-bond acceptors (Lipinski definition) is 5. The third kappa shape index (κ3) is 4.59. The van der Waals surface area contributed by atoms with Crippen molar-refractivity contribution in [1.29, 1.82) is 0 Å². The van der Waals surface area contributed by atoms with Crippen LogP contribution >= 0.6 is 0 Å². The molecule has 170 valence electrons. The van der Waals surface area contributed by atoms with Crippen molar-refractivity contribution < 1.29 is 28.4 Å². The molecule has 1 saturated heterocycles. The Balaban J connectivity index is 1.66. The number of aryl methyl sites for hydroxylation is 2. The number of aromatic nitrogens is 2. The Kier molecular flexibility index (Phi) is 6.44. The fraction of sp³-hybridized carbons (Fsp3) is 0.240. The molecule has 1 atom stereocenters. The number of hydrogen-bond donors (Lipinski definition) is 1. The number of nitrogens with one attached hydrogen (secondary N) is 1. The highest BCUT2D eigenvalue weighted by Gasteiger charge is 2.45. The summed E-state index contributed by atoms with van der Waals surface area (Å²) >= 11 is 0. The molecule has 0 aliphatic carbocycles. The number of Topliss-reactive ketones (excluding diaryl/α,β-unsaturated/α-hetero) is 1. The number of likely N-dealkylation sites (tertiary alicyclic amines) is 1.